The van der Waals surface area contributed by atoms with Gasteiger partial charge in [-0.15, -0.1) is 0 Å². The van der Waals surface area contributed by atoms with Crippen LogP contribution in [0, 0.1) is 0 Å². The van der Waals surface area contributed by atoms with Gasteiger partial charge in [0, 0.05) is 0 Å². The molecule has 3 nitrogen and oxygen atoms in total. The zero-order valence-corrected chi connectivity index (χ0v) is 11.0. The molecule has 0 amide bonds. The zero-order valence-electron chi connectivity index (χ0n) is 11.0. The van der Waals surface area contributed by atoms with E-state index < -0.39 is 5.60 Å². The largest absolute Gasteiger partial charge is 0.494 e. The summed E-state index contributed by atoms with van der Waals surface area (Å²) in [7, 11) is -0.273. The van der Waals surface area contributed by atoms with Crippen LogP contribution in [0.3, 0.4) is 0 Å². The van der Waals surface area contributed by atoms with Gasteiger partial charge >= 0.3 is 7.12 Å². The molecule has 0 aromatic heterocycles. The zero-order chi connectivity index (χ0) is 12.8. The summed E-state index contributed by atoms with van der Waals surface area (Å²) in [6.07, 6.45) is 2.85. The summed E-state index contributed by atoms with van der Waals surface area (Å²) in [6.45, 7) is 4.67. The molecule has 0 radical (unpaired) electrons. The Morgan fingerprint density at radius 3 is 2.28 bits per heavy atom. The fraction of sp³-hybridized carbons (Fsp3) is 0.571. The van der Waals surface area contributed by atoms with Crippen molar-refractivity contribution in [2.45, 2.75) is 44.3 Å². The van der Waals surface area contributed by atoms with Crippen LogP contribution in [0.15, 0.2) is 24.3 Å². The maximum atomic E-state index is 10.3. The summed E-state index contributed by atoms with van der Waals surface area (Å²) in [5.41, 5.74) is 1.23. The molecule has 3 rings (SSSR count). The van der Waals surface area contributed by atoms with Crippen LogP contribution in [0.1, 0.15) is 38.7 Å². The average molecular weight is 246 g/mol. The summed E-state index contributed by atoms with van der Waals surface area (Å²) in [5, 5.41) is 10.3. The number of hydrogen-bond donors (Lipinski definition) is 1. The van der Waals surface area contributed by atoms with Crippen molar-refractivity contribution in [3.05, 3.63) is 29.8 Å². The Morgan fingerprint density at radius 2 is 1.83 bits per heavy atom. The highest BCUT2D eigenvalue weighted by Crippen LogP contribution is 2.40. The van der Waals surface area contributed by atoms with E-state index in [1.807, 2.05) is 38.1 Å². The Balaban J connectivity index is 1.75. The van der Waals surface area contributed by atoms with Gasteiger partial charge in [0.25, 0.3) is 0 Å². The minimum absolute atomic E-state index is 0.213. The first-order valence-corrected chi connectivity index (χ1v) is 6.61. The van der Waals surface area contributed by atoms with Crippen molar-refractivity contribution in [3.8, 4) is 0 Å². The summed E-state index contributed by atoms with van der Waals surface area (Å²) >= 11 is 0. The van der Waals surface area contributed by atoms with Crippen molar-refractivity contribution in [2.24, 2.45) is 0 Å². The highest BCUT2D eigenvalue weighted by Gasteiger charge is 2.39. The van der Waals surface area contributed by atoms with Gasteiger partial charge in [0.2, 0.25) is 0 Å². The van der Waals surface area contributed by atoms with Crippen molar-refractivity contribution in [1.82, 2.24) is 0 Å². The third kappa shape index (κ3) is 2.09. The van der Waals surface area contributed by atoms with Gasteiger partial charge in [0.15, 0.2) is 0 Å². The second-order valence-corrected chi connectivity index (χ2v) is 6.03. The predicted octanol–water partition coefficient (Wildman–Crippen LogP) is 1.58. The summed E-state index contributed by atoms with van der Waals surface area (Å²) < 4.78 is 11.5. The number of hydrogen-bond acceptors (Lipinski definition) is 3. The smallest absolute Gasteiger partial charge is 0.404 e. The number of benzene rings is 1. The van der Waals surface area contributed by atoms with Gasteiger partial charge in [0.1, 0.15) is 0 Å². The van der Waals surface area contributed by atoms with Crippen molar-refractivity contribution >= 4 is 12.6 Å². The average Bonchev–Trinajstić information content (AvgIpc) is 2.67. The molecule has 1 aliphatic carbocycles. The molecule has 1 aromatic rings. The van der Waals surface area contributed by atoms with E-state index >= 15 is 0 Å². The molecule has 1 aliphatic heterocycles. The molecule has 1 aromatic carbocycles. The van der Waals surface area contributed by atoms with E-state index in [2.05, 4.69) is 0 Å². The third-order valence-corrected chi connectivity index (χ3v) is 3.91. The maximum absolute atomic E-state index is 10.3. The molecule has 18 heavy (non-hydrogen) atoms. The van der Waals surface area contributed by atoms with Crippen LogP contribution in [0.25, 0.3) is 0 Å². The van der Waals surface area contributed by atoms with Crippen LogP contribution >= 0.6 is 0 Å². The molecule has 0 bridgehead atoms. The van der Waals surface area contributed by atoms with Crippen LogP contribution in [0.2, 0.25) is 0 Å². The van der Waals surface area contributed by atoms with Gasteiger partial charge in [0.05, 0.1) is 17.8 Å². The lowest BCUT2D eigenvalue weighted by Crippen LogP contribution is -2.36. The molecular weight excluding hydrogens is 227 g/mol. The van der Waals surface area contributed by atoms with Crippen LogP contribution in [-0.4, -0.2) is 24.4 Å². The van der Waals surface area contributed by atoms with Crippen molar-refractivity contribution < 1.29 is 14.4 Å². The van der Waals surface area contributed by atoms with Gasteiger partial charge in [-0.1, -0.05) is 24.3 Å². The van der Waals surface area contributed by atoms with Crippen LogP contribution < -0.4 is 5.46 Å². The molecule has 1 saturated heterocycles. The monoisotopic (exact) mass is 246 g/mol. The van der Waals surface area contributed by atoms with Crippen molar-refractivity contribution in [3.63, 3.8) is 0 Å². The van der Waals surface area contributed by atoms with E-state index in [1.54, 1.807) is 0 Å². The Hall–Kier alpha value is -0.835. The molecule has 96 valence electrons. The first kappa shape index (κ1) is 12.2. The second-order valence-electron chi connectivity index (χ2n) is 6.03. The van der Waals surface area contributed by atoms with Gasteiger partial charge in [-0.3, -0.25) is 0 Å². The molecule has 1 saturated carbocycles. The number of rotatable bonds is 2. The highest BCUT2D eigenvalue weighted by atomic mass is 16.7. The quantitative estimate of drug-likeness (QED) is 0.805. The Kier molecular flexibility index (Phi) is 2.77. The highest BCUT2D eigenvalue weighted by molar-refractivity contribution is 6.61. The fourth-order valence-corrected chi connectivity index (χ4v) is 2.55. The van der Waals surface area contributed by atoms with Crippen LogP contribution in [-0.2, 0) is 14.9 Å². The summed E-state index contributed by atoms with van der Waals surface area (Å²) in [5.74, 6) is 0. The lowest BCUT2D eigenvalue weighted by Gasteiger charge is -2.37. The van der Waals surface area contributed by atoms with Crippen LogP contribution in [0.5, 0.6) is 0 Å². The van der Waals surface area contributed by atoms with Crippen LogP contribution in [0.4, 0.5) is 0 Å². The molecule has 1 N–H and O–H groups in total. The molecule has 2 fully saturated rings. The predicted molar refractivity (Wildman–Crippen MR) is 70.7 cm³/mol. The summed E-state index contributed by atoms with van der Waals surface area (Å²) in [6, 6.07) is 7.98. The SMILES string of the molecule is CC1(C)COB(c2ccc(C3(O)CCC3)cc2)O1. The minimum Gasteiger partial charge on any atom is -0.404 e. The van der Waals surface area contributed by atoms with E-state index in [9.17, 15) is 5.11 Å². The first-order chi connectivity index (χ1) is 8.49. The fourth-order valence-electron chi connectivity index (χ4n) is 2.55. The normalized spacial score (nSPS) is 24.9. The van der Waals surface area contributed by atoms with Crippen molar-refractivity contribution in [2.75, 3.05) is 6.61 Å². The molecule has 0 unspecified atom stereocenters. The van der Waals surface area contributed by atoms with Gasteiger partial charge in [-0.25, -0.2) is 0 Å². The molecule has 4 heteroatoms. The van der Waals surface area contributed by atoms with Gasteiger partial charge < -0.3 is 14.4 Å². The first-order valence-electron chi connectivity index (χ1n) is 6.61. The van der Waals surface area contributed by atoms with E-state index in [-0.39, 0.29) is 12.7 Å². The molecule has 0 atom stereocenters. The third-order valence-electron chi connectivity index (χ3n) is 3.91. The summed E-state index contributed by atoms with van der Waals surface area (Å²) in [4.78, 5) is 0. The minimum atomic E-state index is -0.588. The lowest BCUT2D eigenvalue weighted by molar-refractivity contribution is -0.0387. The topological polar surface area (TPSA) is 38.7 Å². The Morgan fingerprint density at radius 1 is 1.17 bits per heavy atom. The van der Waals surface area contributed by atoms with E-state index in [0.29, 0.717) is 6.61 Å². The molecular formula is C14H19BO3. The second kappa shape index (κ2) is 4.09. The van der Waals surface area contributed by atoms with E-state index in [4.69, 9.17) is 9.31 Å². The molecule has 0 spiro atoms. The number of aliphatic hydroxyl groups is 1. The van der Waals surface area contributed by atoms with Gasteiger partial charge in [-0.2, -0.15) is 0 Å². The van der Waals surface area contributed by atoms with Crippen molar-refractivity contribution in [1.29, 1.82) is 0 Å². The Labute approximate surface area is 108 Å². The maximum Gasteiger partial charge on any atom is 0.494 e. The van der Waals surface area contributed by atoms with Gasteiger partial charge in [-0.05, 0) is 44.1 Å². The molecule has 2 aliphatic rings. The molecule has 1 heterocycles. The van der Waals surface area contributed by atoms with E-state index in [0.717, 1.165) is 30.3 Å². The standard InChI is InChI=1S/C14H19BO3/c1-13(2)10-17-15(18-13)12-6-4-11(5-7-12)14(16)8-3-9-14/h4-7,16H,3,8-10H2,1-2H3. The Bertz CT molecular complexity index is 437. The lowest BCUT2D eigenvalue weighted by atomic mass is 9.73. The van der Waals surface area contributed by atoms with E-state index in [1.165, 1.54) is 0 Å².